The molecule has 120 valence electrons. The lowest BCUT2D eigenvalue weighted by molar-refractivity contribution is 0.132. The summed E-state index contributed by atoms with van der Waals surface area (Å²) < 4.78 is 7.47. The highest BCUT2D eigenvalue weighted by atomic mass is 16.5. The van der Waals surface area contributed by atoms with E-state index in [2.05, 4.69) is 28.1 Å². The number of aliphatic hydroxyl groups excluding tert-OH is 1. The lowest BCUT2D eigenvalue weighted by Gasteiger charge is -2.26. The van der Waals surface area contributed by atoms with E-state index in [0.29, 0.717) is 6.54 Å². The summed E-state index contributed by atoms with van der Waals surface area (Å²) in [5, 5.41) is 14.9. The zero-order valence-electron chi connectivity index (χ0n) is 13.4. The topological polar surface area (TPSA) is 46.4 Å². The number of hydrogen-bond donors (Lipinski definition) is 2. The summed E-state index contributed by atoms with van der Waals surface area (Å²) in [5.74, 6) is 0.812. The Bertz CT molecular complexity index is 767. The van der Waals surface area contributed by atoms with Gasteiger partial charge in [0.15, 0.2) is 0 Å². The Morgan fingerprint density at radius 1 is 1.13 bits per heavy atom. The highest BCUT2D eigenvalue weighted by Crippen LogP contribution is 2.30. The molecule has 0 aliphatic rings. The molecule has 0 saturated heterocycles. The second-order valence-corrected chi connectivity index (χ2v) is 5.63. The van der Waals surface area contributed by atoms with E-state index in [9.17, 15) is 5.11 Å². The predicted molar refractivity (Wildman–Crippen MR) is 93.0 cm³/mol. The maximum Gasteiger partial charge on any atom is 0.120 e. The smallest absolute Gasteiger partial charge is 0.120 e. The van der Waals surface area contributed by atoms with Crippen LogP contribution in [0.3, 0.4) is 0 Å². The van der Waals surface area contributed by atoms with Gasteiger partial charge in [0.2, 0.25) is 0 Å². The van der Waals surface area contributed by atoms with Crippen molar-refractivity contribution in [2.24, 2.45) is 0 Å². The molecule has 0 amide bonds. The molecule has 0 spiro atoms. The second-order valence-electron chi connectivity index (χ2n) is 5.63. The second kappa shape index (κ2) is 6.86. The molecule has 0 radical (unpaired) electrons. The van der Waals surface area contributed by atoms with E-state index in [1.54, 1.807) is 7.11 Å². The van der Waals surface area contributed by atoms with Crippen molar-refractivity contribution in [3.63, 3.8) is 0 Å². The maximum absolute atomic E-state index is 10.7. The van der Waals surface area contributed by atoms with Gasteiger partial charge in [-0.05, 0) is 36.2 Å². The molecule has 2 aromatic carbocycles. The average Bonchev–Trinajstić information content (AvgIpc) is 2.99. The number of likely N-dealkylation sites (N-methyl/N-ethyl adjacent to an activating group) is 1. The van der Waals surface area contributed by atoms with Gasteiger partial charge >= 0.3 is 0 Å². The largest absolute Gasteiger partial charge is 0.497 e. The maximum atomic E-state index is 10.7. The van der Waals surface area contributed by atoms with Crippen LogP contribution >= 0.6 is 0 Å². The summed E-state index contributed by atoms with van der Waals surface area (Å²) in [6, 6.07) is 18.0. The van der Waals surface area contributed by atoms with Crippen LogP contribution in [0.5, 0.6) is 5.75 Å². The molecular weight excluding hydrogens is 288 g/mol. The predicted octanol–water partition coefficient (Wildman–Crippen LogP) is 2.82. The number of ether oxygens (including phenoxy) is 1. The number of aliphatic hydroxyl groups is 1. The molecule has 4 heteroatoms. The fraction of sp³-hybridized carbons (Fsp3) is 0.263. The Balaban J connectivity index is 2.13. The highest BCUT2D eigenvalue weighted by Gasteiger charge is 2.23. The number of nitrogens with one attached hydrogen (secondary N) is 1. The van der Waals surface area contributed by atoms with Gasteiger partial charge in [0.1, 0.15) is 5.75 Å². The molecule has 0 fully saturated rings. The lowest BCUT2D eigenvalue weighted by atomic mass is 10.0. The molecule has 2 unspecified atom stereocenters. The van der Waals surface area contributed by atoms with E-state index < -0.39 is 6.10 Å². The Labute approximate surface area is 136 Å². The van der Waals surface area contributed by atoms with Gasteiger partial charge in [-0.2, -0.15) is 0 Å². The van der Waals surface area contributed by atoms with E-state index in [0.717, 1.165) is 22.2 Å². The third kappa shape index (κ3) is 3.09. The normalized spacial score (nSPS) is 13.9. The number of benzene rings is 2. The van der Waals surface area contributed by atoms with Gasteiger partial charge < -0.3 is 19.7 Å². The molecule has 3 rings (SSSR count). The van der Waals surface area contributed by atoms with Crippen molar-refractivity contribution in [2.45, 2.75) is 12.1 Å². The van der Waals surface area contributed by atoms with E-state index in [-0.39, 0.29) is 6.04 Å². The van der Waals surface area contributed by atoms with Crippen LogP contribution in [0.2, 0.25) is 0 Å². The van der Waals surface area contributed by atoms with Crippen LogP contribution in [0.25, 0.3) is 10.9 Å². The van der Waals surface area contributed by atoms with Crippen LogP contribution in [0.1, 0.15) is 11.6 Å². The molecule has 0 aliphatic carbocycles. The van der Waals surface area contributed by atoms with Gasteiger partial charge in [-0.3, -0.25) is 0 Å². The standard InChI is InChI=1S/C19H22N2O2/c1-20-13-18(22)19(15-6-4-3-5-7-15)21-11-10-14-8-9-16(23-2)12-17(14)21/h3-12,18-20,22H,13H2,1-2H3. The number of nitrogens with zero attached hydrogens (tertiary/aromatic N) is 1. The summed E-state index contributed by atoms with van der Waals surface area (Å²) in [6.07, 6.45) is 1.49. The van der Waals surface area contributed by atoms with Gasteiger partial charge in [0.05, 0.1) is 24.8 Å². The first-order valence-electron chi connectivity index (χ1n) is 7.77. The first-order valence-corrected chi connectivity index (χ1v) is 7.77. The highest BCUT2D eigenvalue weighted by molar-refractivity contribution is 5.82. The van der Waals surface area contributed by atoms with E-state index >= 15 is 0 Å². The molecular formula is C19H22N2O2. The van der Waals surface area contributed by atoms with E-state index in [4.69, 9.17) is 4.74 Å². The summed E-state index contributed by atoms with van der Waals surface area (Å²) in [5.41, 5.74) is 2.13. The summed E-state index contributed by atoms with van der Waals surface area (Å²) in [4.78, 5) is 0. The van der Waals surface area contributed by atoms with Gasteiger partial charge in [-0.1, -0.05) is 30.3 Å². The van der Waals surface area contributed by atoms with Crippen molar-refractivity contribution in [1.29, 1.82) is 0 Å². The van der Waals surface area contributed by atoms with Crippen LogP contribution in [0.4, 0.5) is 0 Å². The van der Waals surface area contributed by atoms with E-state index in [1.165, 1.54) is 0 Å². The van der Waals surface area contributed by atoms with Crippen LogP contribution in [-0.2, 0) is 0 Å². The zero-order valence-corrected chi connectivity index (χ0v) is 13.4. The first kappa shape index (κ1) is 15.6. The minimum Gasteiger partial charge on any atom is -0.497 e. The Kier molecular flexibility index (Phi) is 4.65. The Hall–Kier alpha value is -2.30. The van der Waals surface area contributed by atoms with Crippen LogP contribution in [0.15, 0.2) is 60.8 Å². The summed E-state index contributed by atoms with van der Waals surface area (Å²) in [7, 11) is 3.51. The van der Waals surface area contributed by atoms with Crippen LogP contribution < -0.4 is 10.1 Å². The average molecular weight is 310 g/mol. The summed E-state index contributed by atoms with van der Waals surface area (Å²) in [6.45, 7) is 0.517. The van der Waals surface area contributed by atoms with Gasteiger partial charge in [0, 0.05) is 18.8 Å². The third-order valence-corrected chi connectivity index (χ3v) is 4.15. The molecule has 0 bridgehead atoms. The minimum atomic E-state index is -0.538. The zero-order chi connectivity index (χ0) is 16.2. The van der Waals surface area contributed by atoms with Gasteiger partial charge in [0.25, 0.3) is 0 Å². The molecule has 1 aromatic heterocycles. The number of rotatable bonds is 6. The van der Waals surface area contributed by atoms with E-state index in [1.807, 2.05) is 49.6 Å². The number of hydrogen-bond acceptors (Lipinski definition) is 3. The van der Waals surface area contributed by atoms with Crippen molar-refractivity contribution < 1.29 is 9.84 Å². The lowest BCUT2D eigenvalue weighted by Crippen LogP contribution is -2.33. The van der Waals surface area contributed by atoms with Crippen molar-refractivity contribution >= 4 is 10.9 Å². The van der Waals surface area contributed by atoms with Crippen molar-refractivity contribution in [3.05, 3.63) is 66.4 Å². The fourth-order valence-electron chi connectivity index (χ4n) is 3.04. The number of fused-ring (bicyclic) bond motifs is 1. The molecule has 4 nitrogen and oxygen atoms in total. The van der Waals surface area contributed by atoms with Crippen LogP contribution in [-0.4, -0.2) is 36.5 Å². The molecule has 23 heavy (non-hydrogen) atoms. The summed E-state index contributed by atoms with van der Waals surface area (Å²) >= 11 is 0. The van der Waals surface area contributed by atoms with Crippen molar-refractivity contribution in [1.82, 2.24) is 9.88 Å². The van der Waals surface area contributed by atoms with Crippen molar-refractivity contribution in [3.8, 4) is 5.75 Å². The minimum absolute atomic E-state index is 0.159. The molecule has 2 atom stereocenters. The van der Waals surface area contributed by atoms with Gasteiger partial charge in [-0.15, -0.1) is 0 Å². The molecule has 3 aromatic rings. The molecule has 2 N–H and O–H groups in total. The van der Waals surface area contributed by atoms with Crippen molar-refractivity contribution in [2.75, 3.05) is 20.7 Å². The number of aromatic nitrogens is 1. The number of methoxy groups -OCH3 is 1. The SMILES string of the molecule is CNCC(O)C(c1ccccc1)n1ccc2ccc(OC)cc21. The van der Waals surface area contributed by atoms with Gasteiger partial charge in [-0.25, -0.2) is 0 Å². The molecule has 0 saturated carbocycles. The monoisotopic (exact) mass is 310 g/mol. The Morgan fingerprint density at radius 3 is 2.61 bits per heavy atom. The molecule has 1 heterocycles. The van der Waals surface area contributed by atoms with Crippen LogP contribution in [0, 0.1) is 0 Å². The quantitative estimate of drug-likeness (QED) is 0.736. The Morgan fingerprint density at radius 2 is 1.91 bits per heavy atom. The first-order chi connectivity index (χ1) is 11.2. The fourth-order valence-corrected chi connectivity index (χ4v) is 3.04. The third-order valence-electron chi connectivity index (χ3n) is 4.15. The molecule has 0 aliphatic heterocycles.